The van der Waals surface area contributed by atoms with Crippen molar-refractivity contribution >= 4 is 22.6 Å². The molecule has 1 heterocycles. The number of carboxylic acid groups (broad SMARTS) is 1. The topological polar surface area (TPSA) is 84.3 Å². The number of aromatic nitrogens is 2. The van der Waals surface area contributed by atoms with Gasteiger partial charge in [-0.2, -0.15) is 0 Å². The summed E-state index contributed by atoms with van der Waals surface area (Å²) in [6.07, 6.45) is 2.52. The molecule has 2 aromatic rings. The largest absolute Gasteiger partial charge is 0.476 e. The molecule has 3 rings (SSSR count). The molecule has 0 aliphatic heterocycles. The van der Waals surface area contributed by atoms with Gasteiger partial charge in [0.15, 0.2) is 5.69 Å². The van der Waals surface area contributed by atoms with Crippen LogP contribution in [0.5, 0.6) is 0 Å². The minimum absolute atomic E-state index is 0.0594. The van der Waals surface area contributed by atoms with E-state index in [4.69, 9.17) is 4.74 Å². The Labute approximate surface area is 122 Å². The van der Waals surface area contributed by atoms with Crippen LogP contribution in [0.25, 0.3) is 10.9 Å². The predicted octanol–water partition coefficient (Wildman–Crippen LogP) is 2.17. The molecule has 0 spiro atoms. The number of nitrogens with zero attached hydrogens (tertiary/aromatic N) is 2. The fourth-order valence-electron chi connectivity index (χ4n) is 2.17. The van der Waals surface area contributed by atoms with E-state index in [1.165, 1.54) is 12.8 Å². The summed E-state index contributed by atoms with van der Waals surface area (Å²) in [5, 5.41) is 20.8. The SMILES string of the molecule is O=C(O)c1nnc2ccccc2c1NCCOCC1CC1. The summed E-state index contributed by atoms with van der Waals surface area (Å²) in [7, 11) is 0. The van der Waals surface area contributed by atoms with Gasteiger partial charge >= 0.3 is 5.97 Å². The first-order valence-electron chi connectivity index (χ1n) is 7.06. The van der Waals surface area contributed by atoms with E-state index in [1.807, 2.05) is 24.3 Å². The number of aromatic carboxylic acids is 1. The van der Waals surface area contributed by atoms with Crippen molar-refractivity contribution in [1.29, 1.82) is 0 Å². The Hall–Kier alpha value is -2.21. The highest BCUT2D eigenvalue weighted by Crippen LogP contribution is 2.28. The van der Waals surface area contributed by atoms with Crippen molar-refractivity contribution in [1.82, 2.24) is 10.2 Å². The number of hydrogen-bond donors (Lipinski definition) is 2. The number of rotatable bonds is 7. The number of fused-ring (bicyclic) bond motifs is 1. The van der Waals surface area contributed by atoms with E-state index in [1.54, 1.807) is 0 Å². The Kier molecular flexibility index (Phi) is 3.96. The Bertz CT molecular complexity index is 656. The molecule has 110 valence electrons. The molecule has 1 aliphatic rings. The maximum atomic E-state index is 11.3. The first-order valence-corrected chi connectivity index (χ1v) is 7.06. The highest BCUT2D eigenvalue weighted by Gasteiger charge is 2.21. The summed E-state index contributed by atoms with van der Waals surface area (Å²) in [6.45, 7) is 1.89. The number of nitrogens with one attached hydrogen (secondary N) is 1. The molecule has 0 atom stereocenters. The van der Waals surface area contributed by atoms with Crippen molar-refractivity contribution < 1.29 is 14.6 Å². The van der Waals surface area contributed by atoms with Crippen molar-refractivity contribution in [2.75, 3.05) is 25.1 Å². The molecule has 1 fully saturated rings. The maximum Gasteiger partial charge on any atom is 0.358 e. The van der Waals surface area contributed by atoms with Gasteiger partial charge in [0.1, 0.15) is 0 Å². The minimum atomic E-state index is -1.09. The van der Waals surface area contributed by atoms with Crippen LogP contribution in [-0.2, 0) is 4.74 Å². The van der Waals surface area contributed by atoms with Crippen LogP contribution in [0.1, 0.15) is 23.3 Å². The molecule has 6 heteroatoms. The van der Waals surface area contributed by atoms with Crippen LogP contribution >= 0.6 is 0 Å². The number of carbonyl (C=O) groups is 1. The average Bonchev–Trinajstić information content (AvgIpc) is 3.30. The third-order valence-electron chi connectivity index (χ3n) is 3.47. The molecule has 1 saturated carbocycles. The van der Waals surface area contributed by atoms with E-state index in [0.717, 1.165) is 17.9 Å². The highest BCUT2D eigenvalue weighted by atomic mass is 16.5. The number of hydrogen-bond acceptors (Lipinski definition) is 5. The molecule has 6 nitrogen and oxygen atoms in total. The zero-order valence-corrected chi connectivity index (χ0v) is 11.6. The van der Waals surface area contributed by atoms with Crippen molar-refractivity contribution in [2.45, 2.75) is 12.8 Å². The molecule has 0 radical (unpaired) electrons. The molecular weight excluding hydrogens is 270 g/mol. The van der Waals surface area contributed by atoms with Crippen LogP contribution in [0.3, 0.4) is 0 Å². The van der Waals surface area contributed by atoms with E-state index in [0.29, 0.717) is 24.4 Å². The second-order valence-electron chi connectivity index (χ2n) is 5.19. The first kappa shape index (κ1) is 13.8. The Morgan fingerprint density at radius 2 is 2.14 bits per heavy atom. The van der Waals surface area contributed by atoms with Crippen LogP contribution < -0.4 is 5.32 Å². The van der Waals surface area contributed by atoms with Crippen molar-refractivity contribution in [3.05, 3.63) is 30.0 Å². The summed E-state index contributed by atoms with van der Waals surface area (Å²) < 4.78 is 5.55. The molecule has 1 aromatic carbocycles. The zero-order chi connectivity index (χ0) is 14.7. The van der Waals surface area contributed by atoms with Crippen LogP contribution in [0.15, 0.2) is 24.3 Å². The van der Waals surface area contributed by atoms with Gasteiger partial charge in [0.05, 0.1) is 17.8 Å². The van der Waals surface area contributed by atoms with E-state index < -0.39 is 5.97 Å². The van der Waals surface area contributed by atoms with E-state index in [-0.39, 0.29) is 5.69 Å². The summed E-state index contributed by atoms with van der Waals surface area (Å²) in [5.74, 6) is -0.363. The van der Waals surface area contributed by atoms with Crippen LogP contribution in [0.2, 0.25) is 0 Å². The molecule has 2 N–H and O–H groups in total. The normalized spacial score (nSPS) is 14.3. The van der Waals surface area contributed by atoms with E-state index in [9.17, 15) is 9.90 Å². The second kappa shape index (κ2) is 6.05. The third kappa shape index (κ3) is 3.28. The van der Waals surface area contributed by atoms with Gasteiger partial charge in [-0.15, -0.1) is 10.2 Å². The van der Waals surface area contributed by atoms with Gasteiger partial charge in [-0.1, -0.05) is 18.2 Å². The highest BCUT2D eigenvalue weighted by molar-refractivity contribution is 6.02. The Morgan fingerprint density at radius 1 is 1.33 bits per heavy atom. The molecular formula is C15H17N3O3. The average molecular weight is 287 g/mol. The van der Waals surface area contributed by atoms with Crippen molar-refractivity contribution in [2.24, 2.45) is 5.92 Å². The van der Waals surface area contributed by atoms with E-state index >= 15 is 0 Å². The number of carboxylic acids is 1. The van der Waals surface area contributed by atoms with Gasteiger partial charge in [0.2, 0.25) is 0 Å². The fourth-order valence-corrected chi connectivity index (χ4v) is 2.17. The van der Waals surface area contributed by atoms with Crippen LogP contribution in [-0.4, -0.2) is 41.0 Å². The summed E-state index contributed by atoms with van der Waals surface area (Å²) >= 11 is 0. The molecule has 0 unspecified atom stereocenters. The van der Waals surface area contributed by atoms with Gasteiger partial charge < -0.3 is 15.2 Å². The van der Waals surface area contributed by atoms with Crippen LogP contribution in [0.4, 0.5) is 5.69 Å². The van der Waals surface area contributed by atoms with Crippen molar-refractivity contribution in [3.8, 4) is 0 Å². The standard InChI is InChI=1S/C15H17N3O3/c19-15(20)14-13(16-7-8-21-9-10-5-6-10)11-3-1-2-4-12(11)17-18-14/h1-4,10H,5-9H2,(H,16,17)(H,19,20). The lowest BCUT2D eigenvalue weighted by molar-refractivity contribution is 0.0690. The van der Waals surface area contributed by atoms with Gasteiger partial charge in [0.25, 0.3) is 0 Å². The molecule has 0 amide bonds. The smallest absolute Gasteiger partial charge is 0.358 e. The minimum Gasteiger partial charge on any atom is -0.476 e. The number of anilines is 1. The number of benzene rings is 1. The molecule has 0 bridgehead atoms. The second-order valence-corrected chi connectivity index (χ2v) is 5.19. The van der Waals surface area contributed by atoms with Gasteiger partial charge in [-0.3, -0.25) is 0 Å². The molecule has 1 aromatic heterocycles. The lowest BCUT2D eigenvalue weighted by Gasteiger charge is -2.11. The van der Waals surface area contributed by atoms with Gasteiger partial charge in [0, 0.05) is 18.5 Å². The number of ether oxygens (including phenoxy) is 1. The lowest BCUT2D eigenvalue weighted by Crippen LogP contribution is -2.15. The predicted molar refractivity (Wildman–Crippen MR) is 78.5 cm³/mol. The summed E-state index contributed by atoms with van der Waals surface area (Å²) in [6, 6.07) is 7.34. The first-order chi connectivity index (χ1) is 10.3. The Balaban J connectivity index is 1.73. The van der Waals surface area contributed by atoms with E-state index in [2.05, 4.69) is 15.5 Å². The van der Waals surface area contributed by atoms with Crippen LogP contribution in [0, 0.1) is 5.92 Å². The Morgan fingerprint density at radius 3 is 2.90 bits per heavy atom. The zero-order valence-electron chi connectivity index (χ0n) is 11.6. The summed E-state index contributed by atoms with van der Waals surface area (Å²) in [4.78, 5) is 11.3. The monoisotopic (exact) mass is 287 g/mol. The third-order valence-corrected chi connectivity index (χ3v) is 3.47. The van der Waals surface area contributed by atoms with Crippen molar-refractivity contribution in [3.63, 3.8) is 0 Å². The van der Waals surface area contributed by atoms with Gasteiger partial charge in [-0.05, 0) is 24.8 Å². The molecule has 0 saturated heterocycles. The quantitative estimate of drug-likeness (QED) is 0.759. The fraction of sp³-hybridized carbons (Fsp3) is 0.400. The molecule has 21 heavy (non-hydrogen) atoms. The molecule has 1 aliphatic carbocycles. The van der Waals surface area contributed by atoms with Gasteiger partial charge in [-0.25, -0.2) is 4.79 Å². The summed E-state index contributed by atoms with van der Waals surface area (Å²) in [5.41, 5.74) is 1.11. The lowest BCUT2D eigenvalue weighted by atomic mass is 10.1. The maximum absolute atomic E-state index is 11.3.